The Balaban J connectivity index is 1.99. The number of nitrogens with zero attached hydrogens (tertiary/aromatic N) is 2. The molecule has 5 heteroatoms. The second-order valence-electron chi connectivity index (χ2n) is 6.92. The van der Waals surface area contributed by atoms with Crippen molar-refractivity contribution in [1.29, 1.82) is 0 Å². The summed E-state index contributed by atoms with van der Waals surface area (Å²) < 4.78 is 15.9. The Bertz CT molecular complexity index is 847. The fourth-order valence-electron chi connectivity index (χ4n) is 3.70. The minimum absolute atomic E-state index is 0.00895. The summed E-state index contributed by atoms with van der Waals surface area (Å²) in [6.07, 6.45) is 4.22. The van der Waals surface area contributed by atoms with Gasteiger partial charge in [0.2, 0.25) is 0 Å². The van der Waals surface area contributed by atoms with Crippen molar-refractivity contribution in [2.75, 3.05) is 25.1 Å². The van der Waals surface area contributed by atoms with Crippen LogP contribution in [0.2, 0.25) is 0 Å². The number of hydrogen-bond donors (Lipinski definition) is 0. The Morgan fingerprint density at radius 3 is 2.77 bits per heavy atom. The van der Waals surface area contributed by atoms with E-state index in [9.17, 15) is 9.18 Å². The van der Waals surface area contributed by atoms with Gasteiger partial charge in [0.05, 0.1) is 0 Å². The maximum absolute atomic E-state index is 14.0. The topological polar surface area (TPSA) is 25.2 Å². The smallest absolute Gasteiger partial charge is 0.258 e. The van der Waals surface area contributed by atoms with Crippen LogP contribution in [0.3, 0.4) is 0 Å². The average Bonchev–Trinajstić information content (AvgIpc) is 2.64. The van der Waals surface area contributed by atoms with E-state index in [1.165, 1.54) is 23.8 Å². The number of aromatic nitrogens is 1. The van der Waals surface area contributed by atoms with E-state index in [1.807, 2.05) is 35.4 Å². The Morgan fingerprint density at radius 2 is 2.08 bits per heavy atom. The van der Waals surface area contributed by atoms with Gasteiger partial charge in [-0.05, 0) is 67.6 Å². The zero-order valence-corrected chi connectivity index (χ0v) is 16.7. The fourth-order valence-corrected chi connectivity index (χ4v) is 4.12. The normalized spacial score (nSPS) is 14.5. The molecule has 0 saturated carbocycles. The second-order valence-corrected chi connectivity index (χ2v) is 7.90. The van der Waals surface area contributed by atoms with Crippen LogP contribution < -0.4 is 5.56 Å². The van der Waals surface area contributed by atoms with Crippen LogP contribution in [0.25, 0.3) is 11.1 Å². The number of thioether (sulfide) groups is 1. The van der Waals surface area contributed by atoms with E-state index in [0.29, 0.717) is 23.2 Å². The van der Waals surface area contributed by atoms with Crippen molar-refractivity contribution in [2.45, 2.75) is 39.8 Å². The number of halogens is 1. The van der Waals surface area contributed by atoms with Crippen molar-refractivity contribution in [3.63, 3.8) is 0 Å². The molecule has 26 heavy (non-hydrogen) atoms. The average molecular weight is 375 g/mol. The predicted molar refractivity (Wildman–Crippen MR) is 108 cm³/mol. The number of aryl methyl sites for hydroxylation is 1. The predicted octanol–water partition coefficient (Wildman–Crippen LogP) is 4.09. The lowest BCUT2D eigenvalue weighted by atomic mass is 9.98. The zero-order valence-electron chi connectivity index (χ0n) is 15.8. The molecule has 0 amide bonds. The third kappa shape index (κ3) is 3.89. The molecule has 0 aliphatic carbocycles. The number of benzene rings is 1. The molecular weight excluding hydrogens is 347 g/mol. The standard InChI is InChI=1S/C21H27FN2OS/c1-4-24-20-8-10-23(9-5-11-26-3)14-17(20)12-18(21(24)25)16-7-6-15(2)19(22)13-16/h6-7,12-13H,4-5,8-11,14H2,1-3H3. The second kappa shape index (κ2) is 8.40. The summed E-state index contributed by atoms with van der Waals surface area (Å²) in [4.78, 5) is 15.4. The highest BCUT2D eigenvalue weighted by Gasteiger charge is 2.22. The van der Waals surface area contributed by atoms with Gasteiger partial charge in [-0.25, -0.2) is 4.39 Å². The van der Waals surface area contributed by atoms with Crippen molar-refractivity contribution in [3.8, 4) is 11.1 Å². The van der Waals surface area contributed by atoms with Crippen LogP contribution in [0.4, 0.5) is 4.39 Å². The van der Waals surface area contributed by atoms with Gasteiger partial charge in [-0.2, -0.15) is 11.8 Å². The monoisotopic (exact) mass is 374 g/mol. The first-order chi connectivity index (χ1) is 12.5. The van der Waals surface area contributed by atoms with Crippen molar-refractivity contribution in [1.82, 2.24) is 9.47 Å². The summed E-state index contributed by atoms with van der Waals surface area (Å²) in [7, 11) is 0. The van der Waals surface area contributed by atoms with Gasteiger partial charge in [0.25, 0.3) is 5.56 Å². The van der Waals surface area contributed by atoms with E-state index in [0.717, 1.165) is 31.7 Å². The lowest BCUT2D eigenvalue weighted by Crippen LogP contribution is -2.36. The van der Waals surface area contributed by atoms with Gasteiger partial charge < -0.3 is 4.57 Å². The minimum Gasteiger partial charge on any atom is -0.312 e. The molecule has 0 spiro atoms. The zero-order chi connectivity index (χ0) is 18.7. The van der Waals surface area contributed by atoms with Crippen molar-refractivity contribution in [2.24, 2.45) is 0 Å². The van der Waals surface area contributed by atoms with Crippen LogP contribution in [0.15, 0.2) is 29.1 Å². The van der Waals surface area contributed by atoms with Gasteiger partial charge in [-0.3, -0.25) is 9.69 Å². The van der Waals surface area contributed by atoms with Crippen molar-refractivity contribution < 1.29 is 4.39 Å². The van der Waals surface area contributed by atoms with Crippen LogP contribution in [-0.2, 0) is 19.5 Å². The van der Waals surface area contributed by atoms with Gasteiger partial charge >= 0.3 is 0 Å². The molecular formula is C21H27FN2OS. The molecule has 2 aromatic rings. The Hall–Kier alpha value is -1.59. The molecule has 0 radical (unpaired) electrons. The molecule has 0 N–H and O–H groups in total. The summed E-state index contributed by atoms with van der Waals surface area (Å²) in [5.41, 5.74) is 4.22. The molecule has 3 nitrogen and oxygen atoms in total. The van der Waals surface area contributed by atoms with E-state index in [1.54, 1.807) is 13.0 Å². The largest absolute Gasteiger partial charge is 0.312 e. The summed E-state index contributed by atoms with van der Waals surface area (Å²) >= 11 is 1.88. The SMILES string of the molecule is CCn1c2c(cc(-c3ccc(C)c(F)c3)c1=O)CN(CCCSC)CC2. The number of rotatable bonds is 6. The number of pyridine rings is 1. The Labute approximate surface area is 159 Å². The van der Waals surface area contributed by atoms with E-state index >= 15 is 0 Å². The first kappa shape index (κ1) is 19.2. The Morgan fingerprint density at radius 1 is 1.27 bits per heavy atom. The van der Waals surface area contributed by atoms with Gasteiger partial charge in [-0.15, -0.1) is 0 Å². The third-order valence-corrected chi connectivity index (χ3v) is 5.87. The minimum atomic E-state index is -0.263. The van der Waals surface area contributed by atoms with Crippen LogP contribution in [-0.4, -0.2) is 34.6 Å². The van der Waals surface area contributed by atoms with E-state index in [-0.39, 0.29) is 11.4 Å². The van der Waals surface area contributed by atoms with Gasteiger partial charge in [-0.1, -0.05) is 12.1 Å². The highest BCUT2D eigenvalue weighted by Crippen LogP contribution is 2.25. The molecule has 2 heterocycles. The van der Waals surface area contributed by atoms with E-state index in [2.05, 4.69) is 11.2 Å². The molecule has 3 rings (SSSR count). The highest BCUT2D eigenvalue weighted by molar-refractivity contribution is 7.98. The van der Waals surface area contributed by atoms with Gasteiger partial charge in [0.1, 0.15) is 5.82 Å². The number of fused-ring (bicyclic) bond motifs is 1. The van der Waals surface area contributed by atoms with Crippen molar-refractivity contribution >= 4 is 11.8 Å². The van der Waals surface area contributed by atoms with Crippen LogP contribution >= 0.6 is 11.8 Å². The molecule has 1 aliphatic rings. The molecule has 0 unspecified atom stereocenters. The maximum atomic E-state index is 14.0. The van der Waals surface area contributed by atoms with Crippen LogP contribution in [0, 0.1) is 12.7 Å². The summed E-state index contributed by atoms with van der Waals surface area (Å²) in [6.45, 7) is 7.34. The molecule has 1 aromatic carbocycles. The highest BCUT2D eigenvalue weighted by atomic mass is 32.2. The molecule has 1 aliphatic heterocycles. The molecule has 0 bridgehead atoms. The summed E-state index contributed by atoms with van der Waals surface area (Å²) in [5, 5.41) is 0. The van der Waals surface area contributed by atoms with E-state index in [4.69, 9.17) is 0 Å². The van der Waals surface area contributed by atoms with Gasteiger partial charge in [0.15, 0.2) is 0 Å². The first-order valence-electron chi connectivity index (χ1n) is 9.28. The number of hydrogen-bond acceptors (Lipinski definition) is 3. The molecule has 140 valence electrons. The molecule has 0 fully saturated rings. The third-order valence-electron chi connectivity index (χ3n) is 5.17. The van der Waals surface area contributed by atoms with Gasteiger partial charge in [0, 0.05) is 37.3 Å². The fraction of sp³-hybridized carbons (Fsp3) is 0.476. The lowest BCUT2D eigenvalue weighted by molar-refractivity contribution is 0.250. The molecule has 0 atom stereocenters. The summed E-state index contributed by atoms with van der Waals surface area (Å²) in [6, 6.07) is 7.07. The Kier molecular flexibility index (Phi) is 6.20. The molecule has 1 aromatic heterocycles. The van der Waals surface area contributed by atoms with Crippen LogP contribution in [0.5, 0.6) is 0 Å². The quantitative estimate of drug-likeness (QED) is 0.712. The summed E-state index contributed by atoms with van der Waals surface area (Å²) in [5.74, 6) is 0.910. The van der Waals surface area contributed by atoms with Crippen LogP contribution in [0.1, 0.15) is 30.2 Å². The first-order valence-corrected chi connectivity index (χ1v) is 10.7. The van der Waals surface area contributed by atoms with E-state index < -0.39 is 0 Å². The maximum Gasteiger partial charge on any atom is 0.258 e. The lowest BCUT2D eigenvalue weighted by Gasteiger charge is -2.31. The molecule has 0 saturated heterocycles. The van der Waals surface area contributed by atoms with Crippen molar-refractivity contribution in [3.05, 3.63) is 57.3 Å².